The maximum atomic E-state index is 12.5. The van der Waals surface area contributed by atoms with E-state index in [-0.39, 0.29) is 29.7 Å². The molecule has 15 nitrogen and oxygen atoms in total. The van der Waals surface area contributed by atoms with Gasteiger partial charge in [0.25, 0.3) is 21.9 Å². The summed E-state index contributed by atoms with van der Waals surface area (Å²) in [5.41, 5.74) is 7.57. The number of hydrogen-bond acceptors (Lipinski definition) is 12. The number of methoxy groups -OCH3 is 1. The van der Waals surface area contributed by atoms with E-state index >= 15 is 0 Å². The van der Waals surface area contributed by atoms with E-state index in [2.05, 4.69) is 60.6 Å². The number of hydrogen-bond donors (Lipinski definition) is 1. The van der Waals surface area contributed by atoms with Gasteiger partial charge in [0.1, 0.15) is 18.1 Å². The summed E-state index contributed by atoms with van der Waals surface area (Å²) in [5, 5.41) is 0.565. The van der Waals surface area contributed by atoms with Crippen LogP contribution in [0.2, 0.25) is 0 Å². The highest BCUT2D eigenvalue weighted by atomic mass is 32.2. The van der Waals surface area contributed by atoms with Crippen molar-refractivity contribution in [2.24, 2.45) is 0 Å². The number of nitrogens with zero attached hydrogens (tertiary/aromatic N) is 3. The average Bonchev–Trinajstić information content (AvgIpc) is 3.76. The third-order valence-corrected chi connectivity index (χ3v) is 13.6. The Bertz CT molecular complexity index is 2670. The van der Waals surface area contributed by atoms with E-state index in [0.717, 1.165) is 56.2 Å². The van der Waals surface area contributed by atoms with E-state index < -0.39 is 33.3 Å². The smallest absolute Gasteiger partial charge is 0.333 e. The molecule has 0 atom stereocenters. The number of anilines is 1. The van der Waals surface area contributed by atoms with Gasteiger partial charge in [0, 0.05) is 85.5 Å². The van der Waals surface area contributed by atoms with Crippen LogP contribution in [-0.4, -0.2) is 118 Å². The predicted molar refractivity (Wildman–Crippen MR) is 274 cm³/mol. The second kappa shape index (κ2) is 24.6. The predicted octanol–water partition coefficient (Wildman–Crippen LogP) is 9.27. The van der Waals surface area contributed by atoms with Crippen molar-refractivity contribution in [3.8, 4) is 5.75 Å². The number of carbonyl (C=O) groups excluding carboxylic acids is 3. The minimum absolute atomic E-state index is 0.0305. The summed E-state index contributed by atoms with van der Waals surface area (Å²) < 4.78 is 65.7. The highest BCUT2D eigenvalue weighted by molar-refractivity contribution is 7.85. The molecular weight excluding hydrogens is 927 g/mol. The number of imide groups is 1. The standard InChI is InChI=1S/C53H63N3O12S.C2H6/c1-37-36-52(2,3)55(24-25-64-28-29-66-31-30-65-27-26-63-6)45-35-47-42(34-41(37)45)39(32-46(67-47)38-14-9-7-10-15-38)16-13-17-48-53(4,5)43-33-40(69(60,61)62)19-20-44(43)54(48)23-12-8-11-18-51(59)68-56-49(57)21-22-50(56)58;1-2/h7,9-10,13-17,19-20,32-36H,8,11-12,18,21-31H2,1-6H3;1-2H3/p+1. The Morgan fingerprint density at radius 3 is 2.17 bits per heavy atom. The summed E-state index contributed by atoms with van der Waals surface area (Å²) in [6.07, 6.45) is 12.3. The first kappa shape index (κ1) is 54.6. The molecule has 16 heteroatoms. The van der Waals surface area contributed by atoms with Crippen molar-refractivity contribution in [2.45, 2.75) is 103 Å². The molecule has 0 unspecified atom stereocenters. The zero-order chi connectivity index (χ0) is 51.3. The van der Waals surface area contributed by atoms with Crippen LogP contribution in [0.4, 0.5) is 11.4 Å². The number of hydroxylamine groups is 2. The molecule has 4 aliphatic rings. The van der Waals surface area contributed by atoms with Gasteiger partial charge in [-0.25, -0.2) is 4.79 Å². The van der Waals surface area contributed by atoms with E-state index in [4.69, 9.17) is 28.5 Å². The lowest BCUT2D eigenvalue weighted by atomic mass is 9.81. The van der Waals surface area contributed by atoms with Gasteiger partial charge in [0.05, 0.1) is 62.1 Å². The third-order valence-electron chi connectivity index (χ3n) is 12.7. The molecule has 71 heavy (non-hydrogen) atoms. The molecule has 1 N–H and O–H groups in total. The van der Waals surface area contributed by atoms with Gasteiger partial charge in [0.2, 0.25) is 5.69 Å². The van der Waals surface area contributed by atoms with E-state index in [1.54, 1.807) is 13.2 Å². The molecule has 3 aromatic carbocycles. The van der Waals surface area contributed by atoms with Crippen LogP contribution >= 0.6 is 0 Å². The van der Waals surface area contributed by atoms with E-state index in [1.807, 2.05) is 70.2 Å². The van der Waals surface area contributed by atoms with Crippen LogP contribution in [0.5, 0.6) is 5.75 Å². The Morgan fingerprint density at radius 1 is 0.845 bits per heavy atom. The molecule has 0 bridgehead atoms. The van der Waals surface area contributed by atoms with Gasteiger partial charge in [-0.2, -0.15) is 13.0 Å². The zero-order valence-corrected chi connectivity index (χ0v) is 43.3. The van der Waals surface area contributed by atoms with Gasteiger partial charge < -0.3 is 33.4 Å². The second-order valence-corrected chi connectivity index (χ2v) is 19.9. The van der Waals surface area contributed by atoms with Crippen LogP contribution in [0.15, 0.2) is 95.9 Å². The minimum atomic E-state index is -4.47. The molecule has 1 fully saturated rings. The average molecular weight is 997 g/mol. The molecule has 0 aliphatic carbocycles. The van der Waals surface area contributed by atoms with Gasteiger partial charge in [-0.1, -0.05) is 62.4 Å². The maximum absolute atomic E-state index is 12.5. The van der Waals surface area contributed by atoms with Crippen LogP contribution in [0, 0.1) is 0 Å². The SMILES string of the molecule is CC.COCCOCCOCCOCCN1c2cc3c(cc2C(C)=CC1(C)C)/C(=C/C=C/C1=[N+](CCCCCC(=O)ON2C(=O)CCC2=O)c2ccc(S(=O)(=O)O)cc2C1(C)C)C=C(c1ccccc1)O3. The van der Waals surface area contributed by atoms with Gasteiger partial charge in [-0.3, -0.25) is 14.1 Å². The topological polar surface area (TPSA) is 170 Å². The molecule has 4 heterocycles. The van der Waals surface area contributed by atoms with Gasteiger partial charge in [-0.05, 0) is 82.9 Å². The fraction of sp³-hybridized carbons (Fsp3) is 0.455. The van der Waals surface area contributed by atoms with Crippen molar-refractivity contribution in [3.05, 3.63) is 113 Å². The minimum Gasteiger partial charge on any atom is -0.456 e. The van der Waals surface area contributed by atoms with Crippen molar-refractivity contribution in [1.29, 1.82) is 0 Å². The monoisotopic (exact) mass is 996 g/mol. The number of unbranched alkanes of at least 4 members (excludes halogenated alkanes) is 2. The zero-order valence-electron chi connectivity index (χ0n) is 42.5. The molecule has 0 aromatic heterocycles. The molecule has 0 spiro atoms. The lowest BCUT2D eigenvalue weighted by Gasteiger charge is -2.44. The summed E-state index contributed by atoms with van der Waals surface area (Å²) in [6.45, 7) is 19.3. The molecule has 0 radical (unpaired) electrons. The van der Waals surface area contributed by atoms with Crippen LogP contribution in [0.25, 0.3) is 16.9 Å². The normalized spacial score (nSPS) is 17.4. The van der Waals surface area contributed by atoms with Crippen LogP contribution in [0.3, 0.4) is 0 Å². The lowest BCUT2D eigenvalue weighted by molar-refractivity contribution is -0.438. The molecule has 4 aliphatic heterocycles. The Kier molecular flexibility index (Phi) is 18.9. The lowest BCUT2D eigenvalue weighted by Crippen LogP contribution is -2.46. The van der Waals surface area contributed by atoms with Crippen molar-refractivity contribution < 1.29 is 60.5 Å². The Hall–Kier alpha value is -5.75. The van der Waals surface area contributed by atoms with Crippen molar-refractivity contribution in [1.82, 2.24) is 5.06 Å². The highest BCUT2D eigenvalue weighted by Gasteiger charge is 2.45. The number of ether oxygens (including phenoxy) is 5. The fourth-order valence-corrected chi connectivity index (χ4v) is 9.74. The Labute approximate surface area is 419 Å². The molecule has 3 aromatic rings. The molecular formula is C55H70N3O12S+. The number of carbonyl (C=O) groups is 3. The molecule has 7 rings (SSSR count). The van der Waals surface area contributed by atoms with E-state index in [9.17, 15) is 27.4 Å². The Balaban J connectivity index is 0.00000407. The molecule has 1 saturated heterocycles. The van der Waals surface area contributed by atoms with Crippen molar-refractivity contribution >= 4 is 61.9 Å². The summed E-state index contributed by atoms with van der Waals surface area (Å²) in [4.78, 5) is 43.5. The first-order valence-corrected chi connectivity index (χ1v) is 26.0. The van der Waals surface area contributed by atoms with Crippen LogP contribution in [-0.2, 0) is 53.7 Å². The number of rotatable bonds is 23. The largest absolute Gasteiger partial charge is 0.456 e. The molecule has 2 amide bonds. The Morgan fingerprint density at radius 2 is 1.51 bits per heavy atom. The van der Waals surface area contributed by atoms with Crippen molar-refractivity contribution in [3.63, 3.8) is 0 Å². The fourth-order valence-electron chi connectivity index (χ4n) is 9.23. The molecule has 0 saturated carbocycles. The van der Waals surface area contributed by atoms with Crippen molar-refractivity contribution in [2.75, 3.05) is 71.3 Å². The number of amides is 2. The maximum Gasteiger partial charge on any atom is 0.333 e. The first-order chi connectivity index (χ1) is 34.0. The number of fused-ring (bicyclic) bond motifs is 3. The summed E-state index contributed by atoms with van der Waals surface area (Å²) in [7, 11) is -2.82. The summed E-state index contributed by atoms with van der Waals surface area (Å²) in [5.74, 6) is -0.256. The third kappa shape index (κ3) is 13.4. The summed E-state index contributed by atoms with van der Waals surface area (Å²) in [6, 6.07) is 19.0. The highest BCUT2D eigenvalue weighted by Crippen LogP contribution is 2.47. The quantitative estimate of drug-likeness (QED) is 0.0413. The number of benzene rings is 3. The number of allylic oxidation sites excluding steroid dienone is 6. The first-order valence-electron chi connectivity index (χ1n) is 24.5. The van der Waals surface area contributed by atoms with Gasteiger partial charge in [0.15, 0.2) is 5.71 Å². The van der Waals surface area contributed by atoms with E-state index in [1.165, 1.54) is 12.1 Å². The van der Waals surface area contributed by atoms with E-state index in [0.29, 0.717) is 89.4 Å². The van der Waals surface area contributed by atoms with Gasteiger partial charge >= 0.3 is 5.97 Å². The molecule has 382 valence electrons. The van der Waals surface area contributed by atoms with Crippen LogP contribution in [0.1, 0.15) is 109 Å². The van der Waals surface area contributed by atoms with Gasteiger partial charge in [-0.15, -0.1) is 5.06 Å². The van der Waals surface area contributed by atoms with Crippen LogP contribution < -0.4 is 9.64 Å². The second-order valence-electron chi connectivity index (χ2n) is 18.5. The summed E-state index contributed by atoms with van der Waals surface area (Å²) >= 11 is 0.